The van der Waals surface area contributed by atoms with E-state index in [1.807, 2.05) is 23.1 Å². The number of aryl methyl sites for hydroxylation is 2. The standard InChI is InChI=1S/C21H28N2O3/c1-15-7-8-16(2)22(15)13-11-21(24)23-12-5-6-19(23)18-10-9-17(25-3)14-20(18)26-4/h7-10,14,19H,5-6,11-13H2,1-4H3/t19-/m1/s1. The summed E-state index contributed by atoms with van der Waals surface area (Å²) in [5, 5.41) is 0. The first-order valence-electron chi connectivity index (χ1n) is 9.19. The molecule has 0 aliphatic carbocycles. The van der Waals surface area contributed by atoms with Gasteiger partial charge >= 0.3 is 0 Å². The zero-order chi connectivity index (χ0) is 18.7. The van der Waals surface area contributed by atoms with Crippen LogP contribution in [0, 0.1) is 13.8 Å². The third-order valence-electron chi connectivity index (χ3n) is 5.34. The summed E-state index contributed by atoms with van der Waals surface area (Å²) in [4.78, 5) is 14.9. The molecular weight excluding hydrogens is 328 g/mol. The fourth-order valence-electron chi connectivity index (χ4n) is 3.89. The van der Waals surface area contributed by atoms with Gasteiger partial charge in [-0.15, -0.1) is 0 Å². The first-order valence-corrected chi connectivity index (χ1v) is 9.19. The lowest BCUT2D eigenvalue weighted by Crippen LogP contribution is -2.31. The van der Waals surface area contributed by atoms with Crippen LogP contribution >= 0.6 is 0 Å². The molecule has 0 unspecified atom stereocenters. The fraction of sp³-hybridized carbons (Fsp3) is 0.476. The molecule has 1 aromatic heterocycles. The van der Waals surface area contributed by atoms with Crippen molar-refractivity contribution in [3.63, 3.8) is 0 Å². The number of amides is 1. The Labute approximate surface area is 155 Å². The average molecular weight is 356 g/mol. The summed E-state index contributed by atoms with van der Waals surface area (Å²) >= 11 is 0. The predicted molar refractivity (Wildman–Crippen MR) is 102 cm³/mol. The molecule has 0 N–H and O–H groups in total. The molecule has 1 aliphatic rings. The highest BCUT2D eigenvalue weighted by molar-refractivity contribution is 5.77. The van der Waals surface area contributed by atoms with Crippen LogP contribution in [0.15, 0.2) is 30.3 Å². The van der Waals surface area contributed by atoms with Crippen LogP contribution in [-0.2, 0) is 11.3 Å². The molecule has 1 fully saturated rings. The molecule has 1 aliphatic heterocycles. The third-order valence-corrected chi connectivity index (χ3v) is 5.34. The second-order valence-corrected chi connectivity index (χ2v) is 6.87. The lowest BCUT2D eigenvalue weighted by Gasteiger charge is -2.27. The highest BCUT2D eigenvalue weighted by Gasteiger charge is 2.31. The van der Waals surface area contributed by atoms with Gasteiger partial charge in [0.25, 0.3) is 0 Å². The first kappa shape index (κ1) is 18.4. The average Bonchev–Trinajstić information content (AvgIpc) is 3.26. The van der Waals surface area contributed by atoms with Crippen molar-refractivity contribution < 1.29 is 14.3 Å². The molecule has 0 spiro atoms. The lowest BCUT2D eigenvalue weighted by molar-refractivity contribution is -0.132. The van der Waals surface area contributed by atoms with Gasteiger partial charge in [-0.3, -0.25) is 4.79 Å². The van der Waals surface area contributed by atoms with Crippen LogP contribution in [0.5, 0.6) is 11.5 Å². The Morgan fingerprint density at radius 1 is 1.12 bits per heavy atom. The maximum Gasteiger partial charge on any atom is 0.224 e. The monoisotopic (exact) mass is 356 g/mol. The summed E-state index contributed by atoms with van der Waals surface area (Å²) in [7, 11) is 3.31. The molecular formula is C21H28N2O3. The zero-order valence-electron chi connectivity index (χ0n) is 16.1. The maximum atomic E-state index is 12.9. The molecule has 1 amide bonds. The van der Waals surface area contributed by atoms with Gasteiger partial charge in [0.2, 0.25) is 5.91 Å². The number of carbonyl (C=O) groups is 1. The van der Waals surface area contributed by atoms with Gasteiger partial charge in [0, 0.05) is 42.5 Å². The van der Waals surface area contributed by atoms with Crippen molar-refractivity contribution in [2.75, 3.05) is 20.8 Å². The quantitative estimate of drug-likeness (QED) is 0.789. The Hall–Kier alpha value is -2.43. The van der Waals surface area contributed by atoms with E-state index in [1.54, 1.807) is 14.2 Å². The summed E-state index contributed by atoms with van der Waals surface area (Å²) in [6.07, 6.45) is 2.51. The molecule has 2 aromatic rings. The number of ether oxygens (including phenoxy) is 2. The number of nitrogens with zero attached hydrogens (tertiary/aromatic N) is 2. The van der Waals surface area contributed by atoms with Crippen molar-refractivity contribution in [2.24, 2.45) is 0 Å². The number of hydrogen-bond donors (Lipinski definition) is 0. The molecule has 1 saturated heterocycles. The van der Waals surface area contributed by atoms with Gasteiger partial charge in [0.15, 0.2) is 0 Å². The predicted octanol–water partition coefficient (Wildman–Crippen LogP) is 3.88. The lowest BCUT2D eigenvalue weighted by atomic mass is 10.0. The molecule has 5 heteroatoms. The Morgan fingerprint density at radius 3 is 2.50 bits per heavy atom. The number of carbonyl (C=O) groups excluding carboxylic acids is 1. The van der Waals surface area contributed by atoms with Crippen molar-refractivity contribution in [2.45, 2.75) is 45.7 Å². The minimum absolute atomic E-state index is 0.0789. The minimum atomic E-state index is 0.0789. The van der Waals surface area contributed by atoms with Crippen molar-refractivity contribution >= 4 is 5.91 Å². The van der Waals surface area contributed by atoms with E-state index in [-0.39, 0.29) is 11.9 Å². The van der Waals surface area contributed by atoms with Crippen LogP contribution in [-0.4, -0.2) is 36.1 Å². The molecule has 0 radical (unpaired) electrons. The van der Waals surface area contributed by atoms with E-state index in [1.165, 1.54) is 11.4 Å². The van der Waals surface area contributed by atoms with Crippen molar-refractivity contribution in [3.8, 4) is 11.5 Å². The molecule has 0 saturated carbocycles. The van der Waals surface area contributed by atoms with Crippen LogP contribution in [0.2, 0.25) is 0 Å². The second kappa shape index (κ2) is 7.85. The molecule has 5 nitrogen and oxygen atoms in total. The van der Waals surface area contributed by atoms with E-state index in [4.69, 9.17) is 9.47 Å². The van der Waals surface area contributed by atoms with Crippen LogP contribution in [0.25, 0.3) is 0 Å². The highest BCUT2D eigenvalue weighted by atomic mass is 16.5. The number of hydrogen-bond acceptors (Lipinski definition) is 3. The summed E-state index contributed by atoms with van der Waals surface area (Å²) < 4.78 is 13.0. The number of methoxy groups -OCH3 is 2. The molecule has 26 heavy (non-hydrogen) atoms. The second-order valence-electron chi connectivity index (χ2n) is 6.87. The van der Waals surface area contributed by atoms with Crippen LogP contribution in [0.3, 0.4) is 0 Å². The molecule has 140 valence electrons. The molecule has 0 bridgehead atoms. The summed E-state index contributed by atoms with van der Waals surface area (Å²) in [5.74, 6) is 1.75. The molecule has 1 aromatic carbocycles. The first-order chi connectivity index (χ1) is 12.5. The Morgan fingerprint density at radius 2 is 1.85 bits per heavy atom. The van der Waals surface area contributed by atoms with Gasteiger partial charge in [0.1, 0.15) is 11.5 Å². The van der Waals surface area contributed by atoms with Gasteiger partial charge in [-0.2, -0.15) is 0 Å². The largest absolute Gasteiger partial charge is 0.497 e. The molecule has 1 atom stereocenters. The smallest absolute Gasteiger partial charge is 0.224 e. The van der Waals surface area contributed by atoms with E-state index < -0.39 is 0 Å². The zero-order valence-corrected chi connectivity index (χ0v) is 16.1. The van der Waals surface area contributed by atoms with Crippen LogP contribution < -0.4 is 9.47 Å². The Balaban J connectivity index is 1.74. The van der Waals surface area contributed by atoms with E-state index >= 15 is 0 Å². The van der Waals surface area contributed by atoms with Gasteiger partial charge in [-0.05, 0) is 51.0 Å². The van der Waals surface area contributed by atoms with Gasteiger partial charge < -0.3 is 18.9 Å². The molecule has 2 heterocycles. The fourth-order valence-corrected chi connectivity index (χ4v) is 3.89. The maximum absolute atomic E-state index is 12.9. The Bertz CT molecular complexity index is 762. The normalized spacial score (nSPS) is 16.8. The topological polar surface area (TPSA) is 43.7 Å². The van der Waals surface area contributed by atoms with E-state index in [0.717, 1.165) is 43.0 Å². The summed E-state index contributed by atoms with van der Waals surface area (Å²) in [5.41, 5.74) is 3.46. The Kier molecular flexibility index (Phi) is 5.55. The minimum Gasteiger partial charge on any atom is -0.497 e. The van der Waals surface area contributed by atoms with Crippen molar-refractivity contribution in [1.29, 1.82) is 0 Å². The van der Waals surface area contributed by atoms with E-state index in [2.05, 4.69) is 30.5 Å². The number of likely N-dealkylation sites (tertiary alicyclic amines) is 1. The van der Waals surface area contributed by atoms with E-state index in [0.29, 0.717) is 6.42 Å². The number of benzene rings is 1. The van der Waals surface area contributed by atoms with Crippen molar-refractivity contribution in [3.05, 3.63) is 47.3 Å². The van der Waals surface area contributed by atoms with Gasteiger partial charge in [-0.1, -0.05) is 0 Å². The van der Waals surface area contributed by atoms with E-state index in [9.17, 15) is 4.79 Å². The number of aromatic nitrogens is 1. The van der Waals surface area contributed by atoms with Gasteiger partial charge in [-0.25, -0.2) is 0 Å². The van der Waals surface area contributed by atoms with Crippen molar-refractivity contribution in [1.82, 2.24) is 9.47 Å². The van der Waals surface area contributed by atoms with Crippen LogP contribution in [0.4, 0.5) is 0 Å². The number of rotatable bonds is 6. The highest BCUT2D eigenvalue weighted by Crippen LogP contribution is 2.39. The van der Waals surface area contributed by atoms with Crippen LogP contribution in [0.1, 0.15) is 42.3 Å². The summed E-state index contributed by atoms with van der Waals surface area (Å²) in [6.45, 7) is 5.70. The third kappa shape index (κ3) is 3.57. The molecule has 3 rings (SSSR count). The SMILES string of the molecule is COc1ccc([C@H]2CCCN2C(=O)CCn2c(C)ccc2C)c(OC)c1. The van der Waals surface area contributed by atoms with Gasteiger partial charge in [0.05, 0.1) is 20.3 Å². The summed E-state index contributed by atoms with van der Waals surface area (Å²) in [6, 6.07) is 10.1.